The van der Waals surface area contributed by atoms with Gasteiger partial charge in [0.05, 0.1) is 12.6 Å². The largest absolute Gasteiger partial charge is 0.508 e. The van der Waals surface area contributed by atoms with Crippen LogP contribution in [0.3, 0.4) is 0 Å². The van der Waals surface area contributed by atoms with Crippen LogP contribution in [0.25, 0.3) is 0 Å². The Bertz CT molecular complexity index is 658. The second-order valence-corrected chi connectivity index (χ2v) is 5.83. The summed E-state index contributed by atoms with van der Waals surface area (Å²) >= 11 is 5.44. The van der Waals surface area contributed by atoms with Crippen molar-refractivity contribution in [1.82, 2.24) is 4.90 Å². The third kappa shape index (κ3) is 4.94. The Morgan fingerprint density at radius 3 is 2.52 bits per heavy atom. The molecule has 23 heavy (non-hydrogen) atoms. The molecule has 0 saturated heterocycles. The Morgan fingerprint density at radius 2 is 1.91 bits per heavy atom. The first-order valence-electron chi connectivity index (χ1n) is 7.59. The Labute approximate surface area is 142 Å². The summed E-state index contributed by atoms with van der Waals surface area (Å²) in [5.74, 6) is 0.143. The minimum Gasteiger partial charge on any atom is -0.508 e. The summed E-state index contributed by atoms with van der Waals surface area (Å²) in [4.78, 5) is 1.89. The molecule has 0 spiro atoms. The molecule has 1 atom stereocenters. The molecule has 2 aromatic carbocycles. The van der Waals surface area contributed by atoms with Crippen LogP contribution in [0.4, 0.5) is 5.69 Å². The lowest BCUT2D eigenvalue weighted by Gasteiger charge is -2.27. The van der Waals surface area contributed by atoms with Gasteiger partial charge >= 0.3 is 0 Å². The van der Waals surface area contributed by atoms with Crippen molar-refractivity contribution in [3.63, 3.8) is 0 Å². The summed E-state index contributed by atoms with van der Waals surface area (Å²) < 4.78 is 0. The minimum absolute atomic E-state index is 0.143. The molecule has 122 valence electrons. The zero-order chi connectivity index (χ0) is 16.8. The Morgan fingerprint density at radius 1 is 1.22 bits per heavy atom. The summed E-state index contributed by atoms with van der Waals surface area (Å²) in [5, 5.41) is 23.6. The van der Waals surface area contributed by atoms with Gasteiger partial charge in [-0.05, 0) is 55.9 Å². The quantitative estimate of drug-likeness (QED) is 0.733. The number of phenols is 1. The van der Waals surface area contributed by atoms with Gasteiger partial charge in [-0.1, -0.05) is 29.8 Å². The molecule has 0 saturated carbocycles. The SMILES string of the molecule is CCN(CC(O)c1cccc(O)c1)C(=S)Nc1ccc(C)cc1. The zero-order valence-electron chi connectivity index (χ0n) is 13.4. The number of aliphatic hydroxyl groups excluding tert-OH is 1. The number of rotatable bonds is 5. The highest BCUT2D eigenvalue weighted by atomic mass is 32.1. The summed E-state index contributed by atoms with van der Waals surface area (Å²) in [5.41, 5.74) is 2.78. The zero-order valence-corrected chi connectivity index (χ0v) is 14.2. The molecule has 0 aliphatic carbocycles. The number of nitrogens with one attached hydrogen (secondary N) is 1. The second kappa shape index (κ2) is 7.94. The van der Waals surface area contributed by atoms with Crippen molar-refractivity contribution in [3.05, 3.63) is 59.7 Å². The smallest absolute Gasteiger partial charge is 0.173 e. The normalized spacial score (nSPS) is 11.8. The molecule has 0 bridgehead atoms. The van der Waals surface area contributed by atoms with Crippen molar-refractivity contribution >= 4 is 23.0 Å². The molecule has 2 rings (SSSR count). The van der Waals surface area contributed by atoms with Gasteiger partial charge in [-0.2, -0.15) is 0 Å². The first-order valence-corrected chi connectivity index (χ1v) is 8.00. The number of aromatic hydroxyl groups is 1. The molecule has 1 unspecified atom stereocenters. The van der Waals surface area contributed by atoms with E-state index in [-0.39, 0.29) is 5.75 Å². The molecular formula is C18H22N2O2S. The summed E-state index contributed by atoms with van der Waals surface area (Å²) in [6.07, 6.45) is -0.722. The fourth-order valence-electron chi connectivity index (χ4n) is 2.24. The van der Waals surface area contributed by atoms with Crippen LogP contribution in [-0.2, 0) is 0 Å². The number of nitrogens with zero attached hydrogens (tertiary/aromatic N) is 1. The van der Waals surface area contributed by atoms with Gasteiger partial charge in [0.25, 0.3) is 0 Å². The number of aryl methyl sites for hydroxylation is 1. The first-order chi connectivity index (χ1) is 11.0. The van der Waals surface area contributed by atoms with Crippen molar-refractivity contribution in [1.29, 1.82) is 0 Å². The van der Waals surface area contributed by atoms with E-state index in [2.05, 4.69) is 5.32 Å². The topological polar surface area (TPSA) is 55.7 Å². The van der Waals surface area contributed by atoms with Crippen molar-refractivity contribution in [2.24, 2.45) is 0 Å². The van der Waals surface area contributed by atoms with Gasteiger partial charge in [0.15, 0.2) is 5.11 Å². The van der Waals surface area contributed by atoms with Gasteiger partial charge in [0.2, 0.25) is 0 Å². The standard InChI is InChI=1S/C18H22N2O2S/c1-3-20(12-17(22)14-5-4-6-16(21)11-14)18(23)19-15-9-7-13(2)8-10-15/h4-11,17,21-22H,3,12H2,1-2H3,(H,19,23). The van der Waals surface area contributed by atoms with Gasteiger partial charge in [-0.3, -0.25) is 0 Å². The lowest BCUT2D eigenvalue weighted by molar-refractivity contribution is 0.146. The van der Waals surface area contributed by atoms with Crippen molar-refractivity contribution in [2.45, 2.75) is 20.0 Å². The number of hydrogen-bond donors (Lipinski definition) is 3. The number of likely N-dealkylation sites (N-methyl/N-ethyl adjacent to an activating group) is 1. The number of benzene rings is 2. The fraction of sp³-hybridized carbons (Fsp3) is 0.278. The molecule has 3 N–H and O–H groups in total. The lowest BCUT2D eigenvalue weighted by atomic mass is 10.1. The number of phenolic OH excluding ortho intramolecular Hbond substituents is 1. The highest BCUT2D eigenvalue weighted by Gasteiger charge is 2.15. The van der Waals surface area contributed by atoms with Crippen molar-refractivity contribution < 1.29 is 10.2 Å². The van der Waals surface area contributed by atoms with Gasteiger partial charge in [0.1, 0.15) is 5.75 Å². The summed E-state index contributed by atoms with van der Waals surface area (Å²) in [7, 11) is 0. The highest BCUT2D eigenvalue weighted by Crippen LogP contribution is 2.19. The third-order valence-corrected chi connectivity index (χ3v) is 3.98. The maximum atomic E-state index is 10.4. The second-order valence-electron chi connectivity index (χ2n) is 5.45. The van der Waals surface area contributed by atoms with E-state index in [0.29, 0.717) is 23.8 Å². The van der Waals surface area contributed by atoms with E-state index in [1.54, 1.807) is 24.3 Å². The van der Waals surface area contributed by atoms with Crippen LogP contribution in [0, 0.1) is 6.92 Å². The molecule has 0 aliphatic rings. The monoisotopic (exact) mass is 330 g/mol. The van der Waals surface area contributed by atoms with Crippen LogP contribution in [0.2, 0.25) is 0 Å². The molecule has 0 aliphatic heterocycles. The van der Waals surface area contributed by atoms with E-state index in [0.717, 1.165) is 5.69 Å². The molecular weight excluding hydrogens is 308 g/mol. The average molecular weight is 330 g/mol. The van der Waals surface area contributed by atoms with Crippen LogP contribution in [0.15, 0.2) is 48.5 Å². The number of hydrogen-bond acceptors (Lipinski definition) is 3. The molecule has 0 amide bonds. The predicted octanol–water partition coefficient (Wildman–Crippen LogP) is 3.45. The van der Waals surface area contributed by atoms with Gasteiger partial charge < -0.3 is 20.4 Å². The Hall–Kier alpha value is -2.11. The van der Waals surface area contributed by atoms with Gasteiger partial charge in [-0.25, -0.2) is 0 Å². The Balaban J connectivity index is 2.01. The molecule has 0 radical (unpaired) electrons. The average Bonchev–Trinajstić information content (AvgIpc) is 2.54. The summed E-state index contributed by atoms with van der Waals surface area (Å²) in [6.45, 7) is 5.05. The lowest BCUT2D eigenvalue weighted by Crippen LogP contribution is -2.37. The van der Waals surface area contributed by atoms with Gasteiger partial charge in [-0.15, -0.1) is 0 Å². The van der Waals surface area contributed by atoms with E-state index < -0.39 is 6.10 Å². The van der Waals surface area contributed by atoms with Crippen LogP contribution >= 0.6 is 12.2 Å². The molecule has 0 aromatic heterocycles. The van der Waals surface area contributed by atoms with E-state index >= 15 is 0 Å². The molecule has 4 nitrogen and oxygen atoms in total. The van der Waals surface area contributed by atoms with Crippen LogP contribution in [0.5, 0.6) is 5.75 Å². The Kier molecular flexibility index (Phi) is 5.96. The van der Waals surface area contributed by atoms with Crippen molar-refractivity contribution in [3.8, 4) is 5.75 Å². The molecule has 5 heteroatoms. The molecule has 0 fully saturated rings. The first kappa shape index (κ1) is 17.2. The van der Waals surface area contributed by atoms with Crippen LogP contribution in [-0.4, -0.2) is 33.3 Å². The van der Waals surface area contributed by atoms with Gasteiger partial charge in [0, 0.05) is 12.2 Å². The maximum Gasteiger partial charge on any atom is 0.173 e. The highest BCUT2D eigenvalue weighted by molar-refractivity contribution is 7.80. The third-order valence-electron chi connectivity index (χ3n) is 3.62. The number of thiocarbonyl (C=S) groups is 1. The van der Waals surface area contributed by atoms with Crippen LogP contribution < -0.4 is 5.32 Å². The van der Waals surface area contributed by atoms with Crippen molar-refractivity contribution in [2.75, 3.05) is 18.4 Å². The summed E-state index contributed by atoms with van der Waals surface area (Å²) in [6, 6.07) is 14.6. The number of aliphatic hydroxyl groups is 1. The van der Waals surface area contributed by atoms with Crippen LogP contribution in [0.1, 0.15) is 24.2 Å². The predicted molar refractivity (Wildman–Crippen MR) is 97.7 cm³/mol. The van der Waals surface area contributed by atoms with E-state index in [4.69, 9.17) is 12.2 Å². The van der Waals surface area contributed by atoms with E-state index in [1.807, 2.05) is 43.0 Å². The fourth-order valence-corrected chi connectivity index (χ4v) is 2.56. The number of anilines is 1. The minimum atomic E-state index is -0.722. The molecule has 2 aromatic rings. The van der Waals surface area contributed by atoms with E-state index in [9.17, 15) is 10.2 Å². The molecule has 0 heterocycles. The maximum absolute atomic E-state index is 10.4. The van der Waals surface area contributed by atoms with E-state index in [1.165, 1.54) is 5.56 Å².